The summed E-state index contributed by atoms with van der Waals surface area (Å²) in [5.41, 5.74) is 2.43. The zero-order valence-electron chi connectivity index (χ0n) is 16.2. The van der Waals surface area contributed by atoms with Crippen molar-refractivity contribution in [3.05, 3.63) is 53.8 Å². The van der Waals surface area contributed by atoms with Gasteiger partial charge in [-0.15, -0.1) is 0 Å². The smallest absolute Gasteiger partial charge is 0.423 e. The Morgan fingerprint density at radius 1 is 0.963 bits per heavy atom. The molecule has 144 valence electrons. The predicted octanol–water partition coefficient (Wildman–Crippen LogP) is 5.03. The Morgan fingerprint density at radius 3 is 2.30 bits per heavy atom. The van der Waals surface area contributed by atoms with E-state index < -0.39 is 12.9 Å². The molecule has 0 spiro atoms. The van der Waals surface area contributed by atoms with Gasteiger partial charge in [0.2, 0.25) is 0 Å². The minimum atomic E-state index is -1.79. The van der Waals surface area contributed by atoms with E-state index in [1.807, 2.05) is 12.1 Å². The molecule has 0 aromatic heterocycles. The van der Waals surface area contributed by atoms with E-state index in [9.17, 15) is 14.4 Å². The standard InChI is InChI=1S/C23H30BFO2/c1-2-3-4-6-17-9-11-18(12-10-17)19-13-15-20(16-14-19)21-7-5-8-22(23(21)25)24(26)27/h5,7-8,13-18,26-27H,2-4,6,9-12H2,1H3. The van der Waals surface area contributed by atoms with Crippen LogP contribution in [0.1, 0.15) is 69.8 Å². The summed E-state index contributed by atoms with van der Waals surface area (Å²) >= 11 is 0. The lowest BCUT2D eigenvalue weighted by atomic mass is 9.76. The minimum Gasteiger partial charge on any atom is -0.423 e. The fourth-order valence-corrected chi connectivity index (χ4v) is 4.37. The molecule has 3 rings (SSSR count). The van der Waals surface area contributed by atoms with Crippen LogP contribution in [0.2, 0.25) is 0 Å². The van der Waals surface area contributed by atoms with Crippen LogP contribution in [0.15, 0.2) is 42.5 Å². The van der Waals surface area contributed by atoms with Crippen LogP contribution < -0.4 is 5.46 Å². The third kappa shape index (κ3) is 5.00. The average Bonchev–Trinajstić information content (AvgIpc) is 2.69. The van der Waals surface area contributed by atoms with Crippen LogP contribution in [0, 0.1) is 11.7 Å². The van der Waals surface area contributed by atoms with Crippen molar-refractivity contribution >= 4 is 12.6 Å². The third-order valence-corrected chi connectivity index (χ3v) is 6.06. The molecule has 1 aliphatic rings. The van der Waals surface area contributed by atoms with Crippen molar-refractivity contribution in [1.82, 2.24) is 0 Å². The van der Waals surface area contributed by atoms with E-state index in [2.05, 4.69) is 19.1 Å². The zero-order valence-corrected chi connectivity index (χ0v) is 16.2. The lowest BCUT2D eigenvalue weighted by Crippen LogP contribution is -2.32. The fourth-order valence-electron chi connectivity index (χ4n) is 4.37. The highest BCUT2D eigenvalue weighted by molar-refractivity contribution is 6.58. The Bertz CT molecular complexity index is 722. The molecule has 0 atom stereocenters. The van der Waals surface area contributed by atoms with E-state index >= 15 is 0 Å². The largest absolute Gasteiger partial charge is 0.491 e. The van der Waals surface area contributed by atoms with Gasteiger partial charge in [0.1, 0.15) is 5.82 Å². The summed E-state index contributed by atoms with van der Waals surface area (Å²) in [4.78, 5) is 0. The van der Waals surface area contributed by atoms with Crippen molar-refractivity contribution in [2.24, 2.45) is 5.92 Å². The van der Waals surface area contributed by atoms with E-state index in [1.54, 1.807) is 12.1 Å². The molecule has 1 saturated carbocycles. The summed E-state index contributed by atoms with van der Waals surface area (Å²) in [6.07, 6.45) is 10.5. The minimum absolute atomic E-state index is 0.0852. The number of benzene rings is 2. The fraction of sp³-hybridized carbons (Fsp3) is 0.478. The van der Waals surface area contributed by atoms with Crippen molar-refractivity contribution in [3.8, 4) is 11.1 Å². The normalized spacial score (nSPS) is 19.9. The van der Waals surface area contributed by atoms with Gasteiger partial charge in [0, 0.05) is 11.0 Å². The Kier molecular flexibility index (Phi) is 7.09. The Hall–Kier alpha value is -1.65. The van der Waals surface area contributed by atoms with E-state index in [4.69, 9.17) is 0 Å². The molecule has 0 aliphatic heterocycles. The van der Waals surface area contributed by atoms with Crippen LogP contribution in [-0.2, 0) is 0 Å². The van der Waals surface area contributed by atoms with Gasteiger partial charge in [-0.3, -0.25) is 0 Å². The Morgan fingerprint density at radius 2 is 1.67 bits per heavy atom. The van der Waals surface area contributed by atoms with Gasteiger partial charge in [0.15, 0.2) is 0 Å². The van der Waals surface area contributed by atoms with Crippen LogP contribution in [0.3, 0.4) is 0 Å². The predicted molar refractivity (Wildman–Crippen MR) is 111 cm³/mol. The summed E-state index contributed by atoms with van der Waals surface area (Å²) in [7, 11) is -1.79. The third-order valence-electron chi connectivity index (χ3n) is 6.06. The molecule has 2 nitrogen and oxygen atoms in total. The SMILES string of the molecule is CCCCCC1CCC(c2ccc(-c3cccc(B(O)O)c3F)cc2)CC1. The summed E-state index contributed by atoms with van der Waals surface area (Å²) < 4.78 is 14.5. The molecular weight excluding hydrogens is 338 g/mol. The first-order valence-corrected chi connectivity index (χ1v) is 10.3. The lowest BCUT2D eigenvalue weighted by molar-refractivity contribution is 0.303. The first kappa shape index (κ1) is 20.1. The summed E-state index contributed by atoms with van der Waals surface area (Å²) in [6, 6.07) is 12.9. The maximum absolute atomic E-state index is 14.5. The molecule has 2 aromatic carbocycles. The highest BCUT2D eigenvalue weighted by Crippen LogP contribution is 2.38. The first-order chi connectivity index (χ1) is 13.1. The van der Waals surface area contributed by atoms with Crippen LogP contribution in [0.5, 0.6) is 0 Å². The van der Waals surface area contributed by atoms with Gasteiger partial charge in [0.25, 0.3) is 0 Å². The highest BCUT2D eigenvalue weighted by atomic mass is 19.1. The topological polar surface area (TPSA) is 40.5 Å². The molecule has 1 fully saturated rings. The van der Waals surface area contributed by atoms with Crippen molar-refractivity contribution in [3.63, 3.8) is 0 Å². The monoisotopic (exact) mass is 368 g/mol. The second-order valence-corrected chi connectivity index (χ2v) is 7.92. The van der Waals surface area contributed by atoms with E-state index in [1.165, 1.54) is 63.0 Å². The van der Waals surface area contributed by atoms with Crippen LogP contribution in [0.25, 0.3) is 11.1 Å². The highest BCUT2D eigenvalue weighted by Gasteiger charge is 2.23. The molecule has 0 saturated heterocycles. The number of rotatable bonds is 7. The Labute approximate surface area is 162 Å². The van der Waals surface area contributed by atoms with Gasteiger partial charge >= 0.3 is 7.12 Å². The van der Waals surface area contributed by atoms with Gasteiger partial charge in [-0.1, -0.05) is 75.1 Å². The maximum atomic E-state index is 14.5. The average molecular weight is 368 g/mol. The van der Waals surface area contributed by atoms with Crippen molar-refractivity contribution in [2.75, 3.05) is 0 Å². The van der Waals surface area contributed by atoms with Crippen LogP contribution in [-0.4, -0.2) is 17.2 Å². The second kappa shape index (κ2) is 9.52. The van der Waals surface area contributed by atoms with Crippen molar-refractivity contribution in [2.45, 2.75) is 64.2 Å². The maximum Gasteiger partial charge on any atom is 0.491 e. The molecule has 2 aromatic rings. The van der Waals surface area contributed by atoms with Crippen LogP contribution in [0.4, 0.5) is 4.39 Å². The molecule has 0 heterocycles. The number of unbranched alkanes of at least 4 members (excludes halogenated alkanes) is 2. The molecule has 4 heteroatoms. The molecule has 0 amide bonds. The second-order valence-electron chi connectivity index (χ2n) is 7.92. The van der Waals surface area contributed by atoms with Crippen molar-refractivity contribution < 1.29 is 14.4 Å². The van der Waals surface area contributed by atoms with Gasteiger partial charge in [-0.2, -0.15) is 0 Å². The van der Waals surface area contributed by atoms with Gasteiger partial charge < -0.3 is 10.0 Å². The molecule has 27 heavy (non-hydrogen) atoms. The van der Waals surface area contributed by atoms with E-state index in [0.29, 0.717) is 11.5 Å². The molecule has 1 aliphatic carbocycles. The molecule has 0 bridgehead atoms. The lowest BCUT2D eigenvalue weighted by Gasteiger charge is -2.29. The summed E-state index contributed by atoms with van der Waals surface area (Å²) in [5.74, 6) is 0.943. The summed E-state index contributed by atoms with van der Waals surface area (Å²) in [5, 5.41) is 18.6. The molecule has 0 radical (unpaired) electrons. The molecule has 2 N–H and O–H groups in total. The molecular formula is C23H30BFO2. The van der Waals surface area contributed by atoms with Gasteiger partial charge in [0.05, 0.1) is 0 Å². The number of hydrogen-bond acceptors (Lipinski definition) is 2. The number of hydrogen-bond donors (Lipinski definition) is 2. The quantitative estimate of drug-likeness (QED) is 0.532. The van der Waals surface area contributed by atoms with Crippen LogP contribution >= 0.6 is 0 Å². The number of halogens is 1. The summed E-state index contributed by atoms with van der Waals surface area (Å²) in [6.45, 7) is 2.26. The van der Waals surface area contributed by atoms with E-state index in [-0.39, 0.29) is 5.46 Å². The Balaban J connectivity index is 1.64. The first-order valence-electron chi connectivity index (χ1n) is 10.3. The molecule has 0 unspecified atom stereocenters. The van der Waals surface area contributed by atoms with Gasteiger partial charge in [-0.25, -0.2) is 4.39 Å². The van der Waals surface area contributed by atoms with Crippen molar-refractivity contribution in [1.29, 1.82) is 0 Å². The van der Waals surface area contributed by atoms with E-state index in [0.717, 1.165) is 11.5 Å². The van der Waals surface area contributed by atoms with Gasteiger partial charge in [-0.05, 0) is 48.6 Å². The zero-order chi connectivity index (χ0) is 19.2.